The van der Waals surface area contributed by atoms with Crippen molar-refractivity contribution >= 4 is 33.7 Å². The van der Waals surface area contributed by atoms with E-state index in [1.54, 1.807) is 0 Å². The highest BCUT2D eigenvalue weighted by atomic mass is 16.3. The van der Waals surface area contributed by atoms with Crippen LogP contribution < -0.4 is 10.2 Å². The van der Waals surface area contributed by atoms with Gasteiger partial charge in [0.15, 0.2) is 0 Å². The highest BCUT2D eigenvalue weighted by Crippen LogP contribution is 2.52. The number of anilines is 4. The molecule has 3 nitrogen and oxygen atoms in total. The molecule has 0 radical (unpaired) electrons. The third kappa shape index (κ3) is 2.59. The van der Waals surface area contributed by atoms with Crippen molar-refractivity contribution in [3.8, 4) is 0 Å². The van der Waals surface area contributed by atoms with Crippen molar-refractivity contribution in [2.45, 2.75) is 12.0 Å². The van der Waals surface area contributed by atoms with E-state index < -0.39 is 0 Å². The van der Waals surface area contributed by atoms with Crippen LogP contribution in [0.25, 0.3) is 11.0 Å². The van der Waals surface area contributed by atoms with Crippen LogP contribution in [0.2, 0.25) is 0 Å². The van der Waals surface area contributed by atoms with Crippen LogP contribution in [0.5, 0.6) is 0 Å². The zero-order valence-electron chi connectivity index (χ0n) is 15.8. The van der Waals surface area contributed by atoms with E-state index in [1.807, 2.05) is 18.2 Å². The van der Waals surface area contributed by atoms with E-state index in [0.29, 0.717) is 0 Å². The molecule has 0 saturated heterocycles. The van der Waals surface area contributed by atoms with Gasteiger partial charge in [-0.1, -0.05) is 60.7 Å². The lowest BCUT2D eigenvalue weighted by Crippen LogP contribution is -2.28. The Morgan fingerprint density at radius 3 is 2.34 bits per heavy atom. The standard InChI is InChI=1S/C26H20N2O/c1-3-9-18(10-4-1)27-19-15-16-22-24(17-19)29-26-21-13-7-8-14-23(21)28(25(22)26)20-11-5-2-6-12-20/h1-17,21,23,27H. The monoisotopic (exact) mass is 376 g/mol. The molecule has 0 spiro atoms. The van der Waals surface area contributed by atoms with Crippen molar-refractivity contribution in [1.82, 2.24) is 0 Å². The van der Waals surface area contributed by atoms with E-state index >= 15 is 0 Å². The number of para-hydroxylation sites is 2. The molecule has 1 aliphatic heterocycles. The van der Waals surface area contributed by atoms with Crippen molar-refractivity contribution < 1.29 is 4.42 Å². The molecule has 0 amide bonds. The summed E-state index contributed by atoms with van der Waals surface area (Å²) in [6.07, 6.45) is 8.77. The number of fused-ring (bicyclic) bond motifs is 5. The van der Waals surface area contributed by atoms with Gasteiger partial charge in [0.2, 0.25) is 0 Å². The molecule has 1 aliphatic carbocycles. The van der Waals surface area contributed by atoms with Crippen LogP contribution >= 0.6 is 0 Å². The molecule has 0 bridgehead atoms. The highest BCUT2D eigenvalue weighted by molar-refractivity contribution is 5.99. The summed E-state index contributed by atoms with van der Waals surface area (Å²) in [5, 5.41) is 4.61. The fraction of sp³-hybridized carbons (Fsp3) is 0.0769. The summed E-state index contributed by atoms with van der Waals surface area (Å²) in [5.74, 6) is 1.28. The summed E-state index contributed by atoms with van der Waals surface area (Å²) in [4.78, 5) is 2.41. The maximum absolute atomic E-state index is 6.44. The Morgan fingerprint density at radius 2 is 1.52 bits per heavy atom. The average Bonchev–Trinajstić information content (AvgIpc) is 3.29. The molecule has 0 saturated carbocycles. The molecule has 29 heavy (non-hydrogen) atoms. The van der Waals surface area contributed by atoms with Gasteiger partial charge in [-0.25, -0.2) is 0 Å². The van der Waals surface area contributed by atoms with Crippen LogP contribution in [0.4, 0.5) is 22.7 Å². The molecular weight excluding hydrogens is 356 g/mol. The molecule has 140 valence electrons. The third-order valence-electron chi connectivity index (χ3n) is 5.73. The Labute approximate surface area is 169 Å². The minimum Gasteiger partial charge on any atom is -0.458 e. The zero-order valence-corrected chi connectivity index (χ0v) is 15.8. The van der Waals surface area contributed by atoms with E-state index in [0.717, 1.165) is 28.1 Å². The van der Waals surface area contributed by atoms with Crippen molar-refractivity contribution in [3.05, 3.63) is 109 Å². The largest absolute Gasteiger partial charge is 0.458 e. The molecule has 1 N–H and O–H groups in total. The van der Waals surface area contributed by atoms with E-state index in [1.165, 1.54) is 11.4 Å². The van der Waals surface area contributed by atoms with Gasteiger partial charge in [0, 0.05) is 28.5 Å². The summed E-state index contributed by atoms with van der Waals surface area (Å²) >= 11 is 0. The van der Waals surface area contributed by atoms with E-state index in [4.69, 9.17) is 4.42 Å². The highest BCUT2D eigenvalue weighted by Gasteiger charge is 2.41. The first-order valence-electron chi connectivity index (χ1n) is 9.96. The first kappa shape index (κ1) is 16.3. The summed E-state index contributed by atoms with van der Waals surface area (Å²) in [6, 6.07) is 27.4. The Hall–Kier alpha value is -3.72. The third-order valence-corrected chi connectivity index (χ3v) is 5.73. The number of furan rings is 1. The number of allylic oxidation sites excluding steroid dienone is 2. The van der Waals surface area contributed by atoms with Gasteiger partial charge in [0.1, 0.15) is 11.3 Å². The first-order chi connectivity index (χ1) is 14.4. The number of nitrogens with zero attached hydrogens (tertiary/aromatic N) is 1. The first-order valence-corrected chi connectivity index (χ1v) is 9.96. The normalized spacial score (nSPS) is 19.4. The Morgan fingerprint density at radius 1 is 0.759 bits per heavy atom. The van der Waals surface area contributed by atoms with Gasteiger partial charge in [-0.3, -0.25) is 0 Å². The van der Waals surface area contributed by atoms with Crippen LogP contribution in [0.3, 0.4) is 0 Å². The lowest BCUT2D eigenvalue weighted by Gasteiger charge is -2.28. The molecular formula is C26H20N2O. The van der Waals surface area contributed by atoms with Crippen molar-refractivity contribution in [2.75, 3.05) is 10.2 Å². The molecule has 4 aromatic rings. The van der Waals surface area contributed by atoms with Gasteiger partial charge in [0.05, 0.1) is 17.6 Å². The van der Waals surface area contributed by atoms with Crippen LogP contribution in [0.1, 0.15) is 11.7 Å². The molecule has 3 heteroatoms. The van der Waals surface area contributed by atoms with E-state index in [9.17, 15) is 0 Å². The zero-order chi connectivity index (χ0) is 19.2. The number of benzene rings is 3. The van der Waals surface area contributed by atoms with Crippen molar-refractivity contribution in [3.63, 3.8) is 0 Å². The number of hydrogen-bond donors (Lipinski definition) is 1. The molecule has 2 aliphatic rings. The average molecular weight is 376 g/mol. The molecule has 0 fully saturated rings. The summed E-state index contributed by atoms with van der Waals surface area (Å²) < 4.78 is 6.44. The van der Waals surface area contributed by atoms with Gasteiger partial charge in [0.25, 0.3) is 0 Å². The minimum absolute atomic E-state index is 0.230. The van der Waals surface area contributed by atoms with Gasteiger partial charge in [-0.15, -0.1) is 0 Å². The van der Waals surface area contributed by atoms with E-state index in [2.05, 4.69) is 95.2 Å². The number of nitrogens with one attached hydrogen (secondary N) is 1. The Kier molecular flexibility index (Phi) is 3.60. The van der Waals surface area contributed by atoms with Crippen LogP contribution in [0.15, 0.2) is 108 Å². The quantitative estimate of drug-likeness (QED) is 0.421. The number of hydrogen-bond acceptors (Lipinski definition) is 3. The molecule has 2 unspecified atom stereocenters. The summed E-state index contributed by atoms with van der Waals surface area (Å²) in [5.41, 5.74) is 5.38. The van der Waals surface area contributed by atoms with Crippen LogP contribution in [-0.4, -0.2) is 6.04 Å². The SMILES string of the molecule is C1=CC2c3oc4cc(Nc5ccccc5)ccc4c3N(c3ccccc3)C2C=C1. The Balaban J connectivity index is 1.48. The predicted octanol–water partition coefficient (Wildman–Crippen LogP) is 6.91. The molecule has 1 aromatic heterocycles. The maximum atomic E-state index is 6.44. The predicted molar refractivity (Wildman–Crippen MR) is 119 cm³/mol. The maximum Gasteiger partial charge on any atom is 0.138 e. The fourth-order valence-electron chi connectivity index (χ4n) is 4.47. The molecule has 3 aromatic carbocycles. The molecule has 2 heterocycles. The van der Waals surface area contributed by atoms with Gasteiger partial charge < -0.3 is 14.6 Å². The second-order valence-electron chi connectivity index (χ2n) is 7.51. The van der Waals surface area contributed by atoms with E-state index in [-0.39, 0.29) is 12.0 Å². The van der Waals surface area contributed by atoms with Gasteiger partial charge >= 0.3 is 0 Å². The summed E-state index contributed by atoms with van der Waals surface area (Å²) in [7, 11) is 0. The lowest BCUT2D eigenvalue weighted by molar-refractivity contribution is 0.528. The second-order valence-corrected chi connectivity index (χ2v) is 7.51. The number of rotatable bonds is 3. The minimum atomic E-state index is 0.230. The summed E-state index contributed by atoms with van der Waals surface area (Å²) in [6.45, 7) is 0. The fourth-order valence-corrected chi connectivity index (χ4v) is 4.47. The molecule has 6 rings (SSSR count). The topological polar surface area (TPSA) is 28.4 Å². The van der Waals surface area contributed by atoms with Crippen molar-refractivity contribution in [2.24, 2.45) is 0 Å². The van der Waals surface area contributed by atoms with Crippen LogP contribution in [-0.2, 0) is 0 Å². The van der Waals surface area contributed by atoms with Gasteiger partial charge in [-0.05, 0) is 36.4 Å². The Bertz CT molecular complexity index is 1240. The van der Waals surface area contributed by atoms with Crippen LogP contribution in [0, 0.1) is 0 Å². The lowest BCUT2D eigenvalue weighted by atomic mass is 9.95. The molecule has 2 atom stereocenters. The van der Waals surface area contributed by atoms with Crippen molar-refractivity contribution in [1.29, 1.82) is 0 Å². The second kappa shape index (κ2) is 6.42. The smallest absolute Gasteiger partial charge is 0.138 e. The van der Waals surface area contributed by atoms with Gasteiger partial charge in [-0.2, -0.15) is 0 Å².